The summed E-state index contributed by atoms with van der Waals surface area (Å²) in [6.45, 7) is 1.95. The van der Waals surface area contributed by atoms with Crippen molar-refractivity contribution in [2.24, 2.45) is 5.73 Å². The number of nitrogens with one attached hydrogen (secondary N) is 1. The molecule has 3 N–H and O–H groups in total. The Morgan fingerprint density at radius 3 is 2.44 bits per heavy atom. The first-order valence-electron chi connectivity index (χ1n) is 5.45. The Balaban J connectivity index is 2.34. The fourth-order valence-electron chi connectivity index (χ4n) is 1.57. The van der Waals surface area contributed by atoms with Gasteiger partial charge in [0.2, 0.25) is 0 Å². The zero-order valence-corrected chi connectivity index (χ0v) is 11.5. The predicted molar refractivity (Wildman–Crippen MR) is 76.4 cm³/mol. The Labute approximate surface area is 114 Å². The first kappa shape index (κ1) is 12.6. The lowest BCUT2D eigenvalue weighted by molar-refractivity contribution is 0.481. The number of ether oxygens (including phenoxy) is 1. The number of halogens is 1. The van der Waals surface area contributed by atoms with Gasteiger partial charge in [-0.25, -0.2) is 0 Å². The highest BCUT2D eigenvalue weighted by Crippen LogP contribution is 2.27. The molecule has 0 atom stereocenters. The van der Waals surface area contributed by atoms with E-state index < -0.39 is 0 Å². The molecule has 0 saturated heterocycles. The summed E-state index contributed by atoms with van der Waals surface area (Å²) in [5, 5.41) is 7.56. The van der Waals surface area contributed by atoms with E-state index in [9.17, 15) is 0 Å². The summed E-state index contributed by atoms with van der Waals surface area (Å²) >= 11 is 3.37. The molecule has 0 radical (unpaired) electrons. The van der Waals surface area contributed by atoms with Gasteiger partial charge in [0, 0.05) is 4.47 Å². The van der Waals surface area contributed by atoms with E-state index in [4.69, 9.17) is 15.9 Å². The quantitative estimate of drug-likeness (QED) is 0.668. The van der Waals surface area contributed by atoms with Crippen molar-refractivity contribution in [2.45, 2.75) is 6.92 Å². The van der Waals surface area contributed by atoms with Crippen molar-refractivity contribution in [3.8, 4) is 11.5 Å². The van der Waals surface area contributed by atoms with Crippen LogP contribution in [-0.4, -0.2) is 5.84 Å². The van der Waals surface area contributed by atoms with Gasteiger partial charge >= 0.3 is 0 Å². The van der Waals surface area contributed by atoms with Crippen LogP contribution in [0.5, 0.6) is 11.5 Å². The molecule has 0 saturated carbocycles. The molecule has 2 aromatic carbocycles. The van der Waals surface area contributed by atoms with Gasteiger partial charge in [0.25, 0.3) is 0 Å². The maximum absolute atomic E-state index is 7.56. The Bertz CT molecular complexity index is 579. The molecule has 18 heavy (non-hydrogen) atoms. The van der Waals surface area contributed by atoms with Crippen LogP contribution in [0.2, 0.25) is 0 Å². The standard InChI is InChI=1S/C14H13BrN2O/c1-9-2-7-13(12(8-9)14(16)17)18-11-5-3-10(15)4-6-11/h2-8H,1H3,(H3,16,17). The molecule has 0 fully saturated rings. The lowest BCUT2D eigenvalue weighted by Crippen LogP contribution is -2.12. The second-order valence-corrected chi connectivity index (χ2v) is 4.88. The molecule has 0 aromatic heterocycles. The highest BCUT2D eigenvalue weighted by Gasteiger charge is 2.08. The van der Waals surface area contributed by atoms with Gasteiger partial charge in [-0.05, 0) is 43.3 Å². The summed E-state index contributed by atoms with van der Waals surface area (Å²) in [6.07, 6.45) is 0. The summed E-state index contributed by atoms with van der Waals surface area (Å²) < 4.78 is 6.73. The maximum Gasteiger partial charge on any atom is 0.138 e. The average Bonchev–Trinajstić information content (AvgIpc) is 2.34. The van der Waals surface area contributed by atoms with E-state index in [-0.39, 0.29) is 5.84 Å². The van der Waals surface area contributed by atoms with Crippen molar-refractivity contribution < 1.29 is 4.74 Å². The number of amidine groups is 1. The molecule has 0 bridgehead atoms. The second-order valence-electron chi connectivity index (χ2n) is 3.97. The fourth-order valence-corrected chi connectivity index (χ4v) is 1.84. The highest BCUT2D eigenvalue weighted by atomic mass is 79.9. The van der Waals surface area contributed by atoms with Crippen LogP contribution in [0.4, 0.5) is 0 Å². The molecule has 0 spiro atoms. The Morgan fingerprint density at radius 2 is 1.83 bits per heavy atom. The zero-order valence-electron chi connectivity index (χ0n) is 9.91. The molecule has 0 aliphatic heterocycles. The maximum atomic E-state index is 7.56. The molecular weight excluding hydrogens is 292 g/mol. The average molecular weight is 305 g/mol. The highest BCUT2D eigenvalue weighted by molar-refractivity contribution is 9.10. The Morgan fingerprint density at radius 1 is 1.17 bits per heavy atom. The number of nitrogens with two attached hydrogens (primary N) is 1. The summed E-state index contributed by atoms with van der Waals surface area (Å²) in [5.41, 5.74) is 7.21. The number of nitrogen functional groups attached to an aromatic ring is 1. The van der Waals surface area contributed by atoms with E-state index in [2.05, 4.69) is 15.9 Å². The molecule has 0 unspecified atom stereocenters. The molecular formula is C14H13BrN2O. The van der Waals surface area contributed by atoms with Crippen molar-refractivity contribution >= 4 is 21.8 Å². The number of rotatable bonds is 3. The van der Waals surface area contributed by atoms with E-state index in [1.807, 2.05) is 49.4 Å². The zero-order chi connectivity index (χ0) is 13.1. The summed E-state index contributed by atoms with van der Waals surface area (Å²) in [4.78, 5) is 0. The van der Waals surface area contributed by atoms with Crippen molar-refractivity contribution in [1.82, 2.24) is 0 Å². The SMILES string of the molecule is Cc1ccc(Oc2ccc(Br)cc2)c(C(=N)N)c1. The predicted octanol–water partition coefficient (Wildman–Crippen LogP) is 3.83. The van der Waals surface area contributed by atoms with E-state index in [0.29, 0.717) is 17.1 Å². The van der Waals surface area contributed by atoms with Crippen molar-refractivity contribution in [3.05, 3.63) is 58.1 Å². The van der Waals surface area contributed by atoms with E-state index in [1.165, 1.54) is 0 Å². The molecule has 3 nitrogen and oxygen atoms in total. The van der Waals surface area contributed by atoms with Crippen LogP contribution >= 0.6 is 15.9 Å². The van der Waals surface area contributed by atoms with Gasteiger partial charge < -0.3 is 10.5 Å². The summed E-state index contributed by atoms with van der Waals surface area (Å²) in [7, 11) is 0. The topological polar surface area (TPSA) is 59.1 Å². The molecule has 0 amide bonds. The molecule has 4 heteroatoms. The van der Waals surface area contributed by atoms with E-state index in [0.717, 1.165) is 10.0 Å². The van der Waals surface area contributed by atoms with Crippen molar-refractivity contribution in [3.63, 3.8) is 0 Å². The van der Waals surface area contributed by atoms with Gasteiger partial charge in [0.15, 0.2) is 0 Å². The van der Waals surface area contributed by atoms with Crippen molar-refractivity contribution in [2.75, 3.05) is 0 Å². The van der Waals surface area contributed by atoms with Gasteiger partial charge in [-0.2, -0.15) is 0 Å². The van der Waals surface area contributed by atoms with Gasteiger partial charge in [-0.1, -0.05) is 27.6 Å². The minimum atomic E-state index is 0.00538. The molecule has 2 aromatic rings. The molecule has 92 valence electrons. The van der Waals surface area contributed by atoms with Crippen LogP contribution in [0.3, 0.4) is 0 Å². The third-order valence-corrected chi connectivity index (χ3v) is 3.00. The minimum Gasteiger partial charge on any atom is -0.457 e. The van der Waals surface area contributed by atoms with Gasteiger partial charge in [0.05, 0.1) is 5.56 Å². The third-order valence-electron chi connectivity index (χ3n) is 2.47. The lowest BCUT2D eigenvalue weighted by atomic mass is 10.1. The van der Waals surface area contributed by atoms with Gasteiger partial charge in [-0.15, -0.1) is 0 Å². The van der Waals surface area contributed by atoms with Crippen LogP contribution in [-0.2, 0) is 0 Å². The Hall–Kier alpha value is -1.81. The monoisotopic (exact) mass is 304 g/mol. The normalized spacial score (nSPS) is 10.1. The van der Waals surface area contributed by atoms with Crippen LogP contribution in [0.25, 0.3) is 0 Å². The molecule has 0 aliphatic carbocycles. The molecule has 2 rings (SSSR count). The second kappa shape index (κ2) is 5.23. The van der Waals surface area contributed by atoms with Crippen molar-refractivity contribution in [1.29, 1.82) is 5.41 Å². The lowest BCUT2D eigenvalue weighted by Gasteiger charge is -2.11. The van der Waals surface area contributed by atoms with Crippen LogP contribution in [0.15, 0.2) is 46.9 Å². The first-order valence-corrected chi connectivity index (χ1v) is 6.24. The largest absolute Gasteiger partial charge is 0.457 e. The number of benzene rings is 2. The van der Waals surface area contributed by atoms with Gasteiger partial charge in [0.1, 0.15) is 17.3 Å². The summed E-state index contributed by atoms with van der Waals surface area (Å²) in [6, 6.07) is 13.1. The molecule has 0 aliphatic rings. The third kappa shape index (κ3) is 2.90. The van der Waals surface area contributed by atoms with Crippen LogP contribution in [0.1, 0.15) is 11.1 Å². The number of hydrogen-bond acceptors (Lipinski definition) is 2. The van der Waals surface area contributed by atoms with Crippen LogP contribution in [0, 0.1) is 12.3 Å². The summed E-state index contributed by atoms with van der Waals surface area (Å²) in [5.74, 6) is 1.31. The first-order chi connectivity index (χ1) is 8.56. The number of hydrogen-bond donors (Lipinski definition) is 2. The van der Waals surface area contributed by atoms with Gasteiger partial charge in [-0.3, -0.25) is 5.41 Å². The smallest absolute Gasteiger partial charge is 0.138 e. The molecule has 0 heterocycles. The van der Waals surface area contributed by atoms with Crippen LogP contribution < -0.4 is 10.5 Å². The minimum absolute atomic E-state index is 0.00538. The van der Waals surface area contributed by atoms with E-state index in [1.54, 1.807) is 0 Å². The number of aryl methyl sites for hydroxylation is 1. The Kier molecular flexibility index (Phi) is 3.67. The fraction of sp³-hybridized carbons (Fsp3) is 0.0714. The van der Waals surface area contributed by atoms with E-state index >= 15 is 0 Å².